The fourth-order valence-corrected chi connectivity index (χ4v) is 9.80. The largest absolute Gasteiger partial charge is 0.449 e. The van der Waals surface area contributed by atoms with Crippen LogP contribution >= 0.6 is 7.60 Å². The maximum atomic E-state index is 13.0. The van der Waals surface area contributed by atoms with Crippen LogP contribution in [0.15, 0.2) is 189 Å². The van der Waals surface area contributed by atoms with E-state index in [1.165, 1.54) is 5.56 Å². The lowest BCUT2D eigenvalue weighted by molar-refractivity contribution is -0.692. The molecule has 366 valence electrons. The van der Waals surface area contributed by atoms with Crippen molar-refractivity contribution in [1.29, 1.82) is 0 Å². The number of hydrogen-bond acceptors (Lipinski definition) is 7. The first-order valence-electron chi connectivity index (χ1n) is 24.6. The summed E-state index contributed by atoms with van der Waals surface area (Å²) in [6, 6.07) is 45.7. The Morgan fingerprint density at radius 2 is 1.23 bits per heavy atom. The van der Waals surface area contributed by atoms with E-state index in [0.29, 0.717) is 18.7 Å². The minimum atomic E-state index is -4.04. The van der Waals surface area contributed by atoms with Crippen LogP contribution in [-0.2, 0) is 35.4 Å². The van der Waals surface area contributed by atoms with Gasteiger partial charge in [0.15, 0.2) is 75.3 Å². The van der Waals surface area contributed by atoms with Crippen molar-refractivity contribution in [1.82, 2.24) is 9.97 Å². The number of fused-ring (bicyclic) bond motifs is 2. The van der Waals surface area contributed by atoms with Crippen molar-refractivity contribution in [2.24, 2.45) is 0 Å². The zero-order chi connectivity index (χ0) is 50.5. The standard InChI is InChI=1S/C59H57N8O5P/c1-62(2)52-12-10-48(11-13-52)58-55-16-14-53(39-56(55)59(68)72-58)63(3)26-5-4-7-43-37-49-38-54(15-17-57(49)60-40-43)67-33-24-47(25-34-67)46-22-31-66(32-23-46)42-51-9-6-8-50(61-51)41-65-29-20-45(21-30-65)44-18-27-64(28-19-44)35-36-73(69,70)71/h6,8-25,27-34,37-40,58H,4-5,7,26,35-36,41-42H2,1-3H3/q+2/p+2. The average molecular weight is 991 g/mol. The highest BCUT2D eigenvalue weighted by molar-refractivity contribution is 7.51. The summed E-state index contributed by atoms with van der Waals surface area (Å²) in [5, 5.41) is 1.11. The Morgan fingerprint density at radius 1 is 0.644 bits per heavy atom. The number of aromatic nitrogens is 6. The Labute approximate surface area is 425 Å². The van der Waals surface area contributed by atoms with E-state index >= 15 is 0 Å². The molecule has 0 bridgehead atoms. The molecule has 3 aromatic carbocycles. The molecule has 14 heteroatoms. The second-order valence-corrected chi connectivity index (χ2v) is 20.8. The third-order valence-corrected chi connectivity index (χ3v) is 14.3. The highest BCUT2D eigenvalue weighted by Gasteiger charge is 2.33. The van der Waals surface area contributed by atoms with Crippen LogP contribution in [0.25, 0.3) is 38.8 Å². The topological polar surface area (TPSA) is 132 Å². The zero-order valence-electron chi connectivity index (χ0n) is 41.3. The normalized spacial score (nSPS) is 13.2. The number of pyridine rings is 6. The van der Waals surface area contributed by atoms with Gasteiger partial charge in [-0.05, 0) is 101 Å². The van der Waals surface area contributed by atoms with Gasteiger partial charge in [-0.3, -0.25) is 9.55 Å². The van der Waals surface area contributed by atoms with Crippen molar-refractivity contribution in [2.75, 3.05) is 43.6 Å². The molecule has 13 nitrogen and oxygen atoms in total. The summed E-state index contributed by atoms with van der Waals surface area (Å²) in [5.74, 6) is -0.273. The van der Waals surface area contributed by atoms with E-state index in [-0.39, 0.29) is 24.8 Å². The van der Waals surface area contributed by atoms with Gasteiger partial charge in [-0.15, -0.1) is 0 Å². The minimum Gasteiger partial charge on any atom is -0.449 e. The number of rotatable bonds is 18. The molecular formula is C59H59N8O5P+4. The Balaban J connectivity index is 0.703. The number of carbonyl (C=O) groups excluding carboxylic acids is 1. The number of esters is 1. The van der Waals surface area contributed by atoms with Crippen LogP contribution in [0.1, 0.15) is 57.4 Å². The van der Waals surface area contributed by atoms with Gasteiger partial charge in [-0.25, -0.2) is 14.3 Å². The predicted octanol–water partition coefficient (Wildman–Crippen LogP) is 8.16. The monoisotopic (exact) mass is 990 g/mol. The molecule has 0 spiro atoms. The van der Waals surface area contributed by atoms with Crippen LogP contribution in [-0.4, -0.2) is 59.6 Å². The van der Waals surface area contributed by atoms with Gasteiger partial charge in [0.25, 0.3) is 0 Å². The third kappa shape index (κ3) is 11.9. The highest BCUT2D eigenvalue weighted by atomic mass is 31.2. The SMILES string of the molecule is CN(C)c1ccc(C2OC(=O)c3cc(N(C)CCCCc4cnc5ccc(-[n+]6ccc(-c7cc[n+](Cc8cccc(C[n+]9ccc(-c%10cc[n+](CCP(=O)(O)O)cc%10)cc9)n8)cc7)cc6)cc5c4)ccc32)cc1. The van der Waals surface area contributed by atoms with Crippen LogP contribution < -0.4 is 28.1 Å². The molecule has 9 aromatic rings. The second kappa shape index (κ2) is 21.4. The summed E-state index contributed by atoms with van der Waals surface area (Å²) in [7, 11) is 2.06. The molecule has 0 saturated heterocycles. The smallest absolute Gasteiger partial charge is 0.339 e. The molecule has 1 atom stereocenters. The number of nitrogens with zero attached hydrogens (tertiary/aromatic N) is 8. The van der Waals surface area contributed by atoms with Crippen molar-refractivity contribution in [2.45, 2.75) is 45.0 Å². The second-order valence-electron chi connectivity index (χ2n) is 19.0. The molecule has 1 aliphatic rings. The number of cyclic esters (lactones) is 1. The molecule has 2 N–H and O–H groups in total. The van der Waals surface area contributed by atoms with Crippen molar-refractivity contribution in [3.8, 4) is 27.9 Å². The Morgan fingerprint density at radius 3 is 1.84 bits per heavy atom. The van der Waals surface area contributed by atoms with Crippen LogP contribution in [0.2, 0.25) is 0 Å². The van der Waals surface area contributed by atoms with E-state index in [2.05, 4.69) is 146 Å². The lowest BCUT2D eigenvalue weighted by atomic mass is 9.98. The fourth-order valence-electron chi connectivity index (χ4n) is 9.31. The Bertz CT molecular complexity index is 3440. The molecule has 0 amide bonds. The quantitative estimate of drug-likeness (QED) is 0.0379. The van der Waals surface area contributed by atoms with Crippen molar-refractivity contribution in [3.63, 3.8) is 0 Å². The maximum Gasteiger partial charge on any atom is 0.339 e. The van der Waals surface area contributed by atoms with E-state index in [0.717, 1.165) is 98.5 Å². The molecule has 10 rings (SSSR count). The van der Waals surface area contributed by atoms with Gasteiger partial charge in [0.05, 0.1) is 11.1 Å². The van der Waals surface area contributed by atoms with E-state index in [1.54, 1.807) is 4.57 Å². The lowest BCUT2D eigenvalue weighted by Crippen LogP contribution is -2.35. The van der Waals surface area contributed by atoms with Crippen LogP contribution in [0.4, 0.5) is 11.4 Å². The van der Waals surface area contributed by atoms with E-state index in [9.17, 15) is 19.1 Å². The molecule has 1 aliphatic heterocycles. The maximum absolute atomic E-state index is 13.0. The number of carbonyl (C=O) groups is 1. The molecule has 73 heavy (non-hydrogen) atoms. The molecule has 7 heterocycles. The van der Waals surface area contributed by atoms with Crippen LogP contribution in [0.5, 0.6) is 0 Å². The average Bonchev–Trinajstić information content (AvgIpc) is 3.74. The Hall–Kier alpha value is -7.96. The van der Waals surface area contributed by atoms with Gasteiger partial charge >= 0.3 is 13.6 Å². The Kier molecular flexibility index (Phi) is 14.3. The predicted molar refractivity (Wildman–Crippen MR) is 281 cm³/mol. The molecule has 6 aromatic heterocycles. The number of ether oxygens (including phenoxy) is 1. The van der Waals surface area contributed by atoms with Crippen molar-refractivity contribution >= 4 is 35.8 Å². The summed E-state index contributed by atoms with van der Waals surface area (Å²) < 4.78 is 25.2. The molecular weight excluding hydrogens is 932 g/mol. The summed E-state index contributed by atoms with van der Waals surface area (Å²) in [6.07, 6.45) is 20.5. The number of unbranched alkanes of at least 4 members (excludes halogenated alkanes) is 1. The minimum absolute atomic E-state index is 0.186. The summed E-state index contributed by atoms with van der Waals surface area (Å²) in [4.78, 5) is 45.3. The van der Waals surface area contributed by atoms with Gasteiger partial charge in [0, 0.05) is 117 Å². The molecule has 1 unspecified atom stereocenters. The van der Waals surface area contributed by atoms with E-state index in [1.807, 2.05) is 87.5 Å². The van der Waals surface area contributed by atoms with Gasteiger partial charge in [-0.1, -0.05) is 24.3 Å². The van der Waals surface area contributed by atoms with Gasteiger partial charge in [0.1, 0.15) is 17.5 Å². The summed E-state index contributed by atoms with van der Waals surface area (Å²) in [6.45, 7) is 2.41. The first kappa shape index (κ1) is 48.7. The molecule has 0 saturated carbocycles. The summed E-state index contributed by atoms with van der Waals surface area (Å²) in [5.41, 5.74) is 14.2. The zero-order valence-corrected chi connectivity index (χ0v) is 42.2. The first-order valence-corrected chi connectivity index (χ1v) is 26.4. The van der Waals surface area contributed by atoms with Crippen LogP contribution in [0.3, 0.4) is 0 Å². The summed E-state index contributed by atoms with van der Waals surface area (Å²) >= 11 is 0. The number of aryl methyl sites for hydroxylation is 2. The fraction of sp³-hybridized carbons (Fsp3) is 0.203. The number of anilines is 2. The first-order chi connectivity index (χ1) is 35.4. The van der Waals surface area contributed by atoms with Gasteiger partial charge < -0.3 is 24.3 Å². The van der Waals surface area contributed by atoms with Gasteiger partial charge in [-0.2, -0.15) is 13.7 Å². The third-order valence-electron chi connectivity index (χ3n) is 13.5. The molecule has 0 radical (unpaired) electrons. The molecule has 0 aliphatic carbocycles. The molecule has 0 fully saturated rings. The van der Waals surface area contributed by atoms with E-state index in [4.69, 9.17) is 14.7 Å². The number of hydrogen-bond donors (Lipinski definition) is 2. The van der Waals surface area contributed by atoms with Crippen molar-refractivity contribution < 1.29 is 42.2 Å². The number of benzene rings is 3. The van der Waals surface area contributed by atoms with Crippen molar-refractivity contribution in [3.05, 3.63) is 223 Å². The lowest BCUT2D eigenvalue weighted by Gasteiger charge is -2.20. The van der Waals surface area contributed by atoms with E-state index < -0.39 is 7.60 Å². The van der Waals surface area contributed by atoms with Crippen LogP contribution in [0, 0.1) is 0 Å². The highest BCUT2D eigenvalue weighted by Crippen LogP contribution is 2.38. The van der Waals surface area contributed by atoms with Gasteiger partial charge in [0.2, 0.25) is 5.69 Å².